The second-order valence-electron chi connectivity index (χ2n) is 3.42. The minimum atomic E-state index is -0.616. The fraction of sp³-hybridized carbons (Fsp3) is 0.556. The van der Waals surface area contributed by atoms with E-state index in [-0.39, 0.29) is 0 Å². The smallest absolute Gasteiger partial charge is 0.474 e. The van der Waals surface area contributed by atoms with Crippen molar-refractivity contribution < 1.29 is 18.3 Å². The van der Waals surface area contributed by atoms with Crippen molar-refractivity contribution in [2.24, 2.45) is 0 Å². The lowest BCUT2D eigenvalue weighted by atomic mass is 10.5. The van der Waals surface area contributed by atoms with Crippen LogP contribution in [0.2, 0.25) is 0 Å². The average Bonchev–Trinajstić information content (AvgIpc) is 2.05. The van der Waals surface area contributed by atoms with Gasteiger partial charge in [0, 0.05) is 0 Å². The number of rotatable bonds is 6. The van der Waals surface area contributed by atoms with Gasteiger partial charge in [0.1, 0.15) is 6.54 Å². The van der Waals surface area contributed by atoms with Gasteiger partial charge in [0.2, 0.25) is 0 Å². The molecule has 0 N–H and O–H groups in total. The van der Waals surface area contributed by atoms with E-state index in [4.69, 9.17) is 0 Å². The SMILES string of the molecule is C=COC=C.C[N+](C)(C)CCO[PH+]=O. The summed E-state index contributed by atoms with van der Waals surface area (Å²) in [4.78, 5) is 0. The highest BCUT2D eigenvalue weighted by atomic mass is 31.1. The second kappa shape index (κ2) is 10.4. The van der Waals surface area contributed by atoms with Crippen LogP contribution in [-0.4, -0.2) is 38.8 Å². The summed E-state index contributed by atoms with van der Waals surface area (Å²) in [7, 11) is 5.58. The summed E-state index contributed by atoms with van der Waals surface area (Å²) in [6, 6.07) is 0. The van der Waals surface area contributed by atoms with E-state index in [0.29, 0.717) is 6.61 Å². The normalized spacial score (nSPS) is 9.93. The second-order valence-corrected chi connectivity index (χ2v) is 3.87. The van der Waals surface area contributed by atoms with E-state index < -0.39 is 8.69 Å². The molecule has 0 aliphatic carbocycles. The number of hydrogen-bond donors (Lipinski definition) is 0. The van der Waals surface area contributed by atoms with Crippen molar-refractivity contribution in [1.29, 1.82) is 0 Å². The van der Waals surface area contributed by atoms with E-state index in [9.17, 15) is 4.57 Å². The van der Waals surface area contributed by atoms with Gasteiger partial charge >= 0.3 is 8.69 Å². The third kappa shape index (κ3) is 22.5. The first-order valence-electron chi connectivity index (χ1n) is 4.14. The third-order valence-corrected chi connectivity index (χ3v) is 1.44. The summed E-state index contributed by atoms with van der Waals surface area (Å²) < 4.78 is 19.7. The molecule has 0 aromatic rings. The highest BCUT2D eigenvalue weighted by Gasteiger charge is 2.06. The molecule has 0 heterocycles. The Kier molecular flexibility index (Phi) is 11.7. The molecule has 0 rings (SSSR count). The number of likely N-dealkylation sites (N-methyl/N-ethyl adjacent to an activating group) is 1. The molecule has 0 saturated carbocycles. The van der Waals surface area contributed by atoms with Crippen LogP contribution in [0.4, 0.5) is 0 Å². The molecule has 0 bridgehead atoms. The van der Waals surface area contributed by atoms with Gasteiger partial charge < -0.3 is 9.22 Å². The van der Waals surface area contributed by atoms with Crippen molar-refractivity contribution >= 4 is 8.69 Å². The monoisotopic (exact) mass is 221 g/mol. The van der Waals surface area contributed by atoms with Crippen molar-refractivity contribution in [3.63, 3.8) is 0 Å². The number of quaternary nitrogens is 1. The summed E-state index contributed by atoms with van der Waals surface area (Å²) >= 11 is 0. The summed E-state index contributed by atoms with van der Waals surface area (Å²) in [6.45, 7) is 7.99. The molecule has 5 heteroatoms. The Bertz CT molecular complexity index is 160. The fourth-order valence-corrected chi connectivity index (χ4v) is 0.604. The van der Waals surface area contributed by atoms with Crippen molar-refractivity contribution in [3.8, 4) is 0 Å². The first kappa shape index (κ1) is 15.8. The summed E-state index contributed by atoms with van der Waals surface area (Å²) in [5.74, 6) is 0. The van der Waals surface area contributed by atoms with Crippen LogP contribution in [0.15, 0.2) is 25.7 Å². The molecule has 0 amide bonds. The molecule has 1 atom stereocenters. The van der Waals surface area contributed by atoms with E-state index in [1.165, 1.54) is 12.5 Å². The van der Waals surface area contributed by atoms with E-state index in [2.05, 4.69) is 43.6 Å². The summed E-state index contributed by atoms with van der Waals surface area (Å²) in [5, 5.41) is 0. The van der Waals surface area contributed by atoms with Gasteiger partial charge in [0.25, 0.3) is 0 Å². The standard InChI is InChI=1S/C5H14NO2P.C4H6O/c1-6(2,3)4-5-8-9-7;1-3-5-4-2/h9H,4-5H2,1-3H3;3-4H,1-2H2/q+2;. The molecule has 0 fully saturated rings. The lowest BCUT2D eigenvalue weighted by Crippen LogP contribution is -2.37. The maximum atomic E-state index is 9.81. The highest BCUT2D eigenvalue weighted by molar-refractivity contribution is 7.17. The molecule has 14 heavy (non-hydrogen) atoms. The third-order valence-electron chi connectivity index (χ3n) is 1.12. The average molecular weight is 221 g/mol. The van der Waals surface area contributed by atoms with Crippen molar-refractivity contribution in [2.45, 2.75) is 0 Å². The number of hydrogen-bond acceptors (Lipinski definition) is 3. The molecule has 0 aliphatic heterocycles. The molecular weight excluding hydrogens is 201 g/mol. The van der Waals surface area contributed by atoms with Crippen LogP contribution in [0.3, 0.4) is 0 Å². The van der Waals surface area contributed by atoms with Gasteiger partial charge in [-0.2, -0.15) is 0 Å². The van der Waals surface area contributed by atoms with Crippen molar-refractivity contribution in [2.75, 3.05) is 34.3 Å². The first-order valence-corrected chi connectivity index (χ1v) is 4.96. The largest absolute Gasteiger partial charge is 0.494 e. The Morgan fingerprint density at radius 3 is 2.00 bits per heavy atom. The minimum Gasteiger partial charge on any atom is -0.474 e. The quantitative estimate of drug-likeness (QED) is 0.297. The predicted molar refractivity (Wildman–Crippen MR) is 59.3 cm³/mol. The molecule has 0 saturated heterocycles. The van der Waals surface area contributed by atoms with Gasteiger partial charge in [0.05, 0.1) is 33.7 Å². The van der Waals surface area contributed by atoms with E-state index >= 15 is 0 Å². The number of ether oxygens (including phenoxy) is 1. The van der Waals surface area contributed by atoms with Gasteiger partial charge in [0.15, 0.2) is 6.61 Å². The van der Waals surface area contributed by atoms with Crippen LogP contribution in [0.25, 0.3) is 0 Å². The lowest BCUT2D eigenvalue weighted by molar-refractivity contribution is -0.870. The molecule has 4 nitrogen and oxygen atoms in total. The molecular formula is C9H20NO3P+2. The van der Waals surface area contributed by atoms with Gasteiger partial charge in [-0.1, -0.05) is 13.2 Å². The molecule has 0 spiro atoms. The number of nitrogens with zero attached hydrogens (tertiary/aromatic N) is 1. The van der Waals surface area contributed by atoms with Crippen LogP contribution < -0.4 is 0 Å². The maximum absolute atomic E-state index is 9.81. The topological polar surface area (TPSA) is 35.5 Å². The predicted octanol–water partition coefficient (Wildman–Crippen LogP) is 1.94. The Hall–Kier alpha value is -0.700. The zero-order chi connectivity index (χ0) is 11.4. The minimum absolute atomic E-state index is 0.575. The molecule has 0 aromatic carbocycles. The van der Waals surface area contributed by atoms with Crippen LogP contribution in [-0.2, 0) is 13.8 Å². The van der Waals surface area contributed by atoms with Crippen LogP contribution >= 0.6 is 8.69 Å². The summed E-state index contributed by atoms with van der Waals surface area (Å²) in [6.07, 6.45) is 2.62. The Morgan fingerprint density at radius 1 is 1.29 bits per heavy atom. The van der Waals surface area contributed by atoms with Crippen LogP contribution in [0, 0.1) is 0 Å². The lowest BCUT2D eigenvalue weighted by Gasteiger charge is -2.21. The zero-order valence-electron chi connectivity index (χ0n) is 9.16. The highest BCUT2D eigenvalue weighted by Crippen LogP contribution is 1.96. The first-order chi connectivity index (χ1) is 6.47. The molecule has 0 aromatic heterocycles. The molecule has 0 radical (unpaired) electrons. The Morgan fingerprint density at radius 2 is 1.79 bits per heavy atom. The Labute approximate surface area is 87.7 Å². The summed E-state index contributed by atoms with van der Waals surface area (Å²) in [5.41, 5.74) is 0. The molecule has 0 aliphatic rings. The Balaban J connectivity index is 0. The van der Waals surface area contributed by atoms with Gasteiger partial charge in [-0.15, -0.1) is 4.52 Å². The van der Waals surface area contributed by atoms with Crippen LogP contribution in [0.5, 0.6) is 0 Å². The van der Waals surface area contributed by atoms with Gasteiger partial charge in [-0.25, -0.2) is 0 Å². The zero-order valence-corrected chi connectivity index (χ0v) is 10.2. The molecule has 1 unspecified atom stereocenters. The van der Waals surface area contributed by atoms with Crippen molar-refractivity contribution in [3.05, 3.63) is 25.7 Å². The van der Waals surface area contributed by atoms with E-state index in [1.54, 1.807) is 0 Å². The fourth-order valence-electron chi connectivity index (χ4n) is 0.429. The molecule has 82 valence electrons. The van der Waals surface area contributed by atoms with E-state index in [1.807, 2.05) is 0 Å². The maximum Gasteiger partial charge on any atom is 0.494 e. The van der Waals surface area contributed by atoms with Crippen LogP contribution in [0.1, 0.15) is 0 Å². The van der Waals surface area contributed by atoms with Crippen molar-refractivity contribution in [1.82, 2.24) is 0 Å². The van der Waals surface area contributed by atoms with Gasteiger partial charge in [-0.3, -0.25) is 0 Å². The van der Waals surface area contributed by atoms with E-state index in [0.717, 1.165) is 11.0 Å². The van der Waals surface area contributed by atoms with Gasteiger partial charge in [-0.05, 0) is 4.57 Å².